The van der Waals surface area contributed by atoms with Crippen LogP contribution in [0.15, 0.2) is 56.4 Å². The fourth-order valence-electron chi connectivity index (χ4n) is 5.35. The predicted molar refractivity (Wildman–Crippen MR) is 158 cm³/mol. The van der Waals surface area contributed by atoms with Crippen molar-refractivity contribution in [3.05, 3.63) is 82.1 Å². The normalized spacial score (nSPS) is 14.6. The maximum atomic E-state index is 13.3. The number of benzene rings is 2. The van der Waals surface area contributed by atoms with Gasteiger partial charge in [0.2, 0.25) is 15.9 Å². The molecule has 0 aliphatic carbocycles. The summed E-state index contributed by atoms with van der Waals surface area (Å²) in [6.07, 6.45) is 0.613. The number of fused-ring (bicyclic) bond motifs is 3. The van der Waals surface area contributed by atoms with Gasteiger partial charge in [-0.25, -0.2) is 13.1 Å². The summed E-state index contributed by atoms with van der Waals surface area (Å²) in [5, 5.41) is 7.81. The highest BCUT2D eigenvalue weighted by molar-refractivity contribution is 7.89. The summed E-state index contributed by atoms with van der Waals surface area (Å²) in [6.45, 7) is 8.63. The van der Waals surface area contributed by atoms with Crippen LogP contribution in [0.3, 0.4) is 0 Å². The van der Waals surface area contributed by atoms with E-state index in [0.29, 0.717) is 39.3 Å². The Kier molecular flexibility index (Phi) is 9.28. The molecule has 11 nitrogen and oxygen atoms in total. The highest BCUT2D eigenvalue weighted by atomic mass is 32.2. The predicted octanol–water partition coefficient (Wildman–Crippen LogP) is 4.26. The van der Waals surface area contributed by atoms with Crippen molar-refractivity contribution in [2.75, 3.05) is 32.9 Å². The molecule has 4 aromatic rings. The van der Waals surface area contributed by atoms with Gasteiger partial charge in [-0.05, 0) is 62.1 Å². The Morgan fingerprint density at radius 2 is 1.70 bits per heavy atom. The van der Waals surface area contributed by atoms with E-state index < -0.39 is 10.0 Å². The lowest BCUT2D eigenvalue weighted by Crippen LogP contribution is -2.36. The van der Waals surface area contributed by atoms with Crippen LogP contribution in [0.5, 0.6) is 5.75 Å². The number of hydrogen-bond acceptors (Lipinski definition) is 9. The Morgan fingerprint density at radius 1 is 0.930 bits per heavy atom. The van der Waals surface area contributed by atoms with Crippen LogP contribution in [0.2, 0.25) is 0 Å². The lowest BCUT2D eigenvalue weighted by atomic mass is 9.96. The summed E-state index contributed by atoms with van der Waals surface area (Å²) in [6, 6.07) is 14.2. The summed E-state index contributed by atoms with van der Waals surface area (Å²) in [5.41, 5.74) is 6.14. The number of carbonyl (C=O) groups is 1. The van der Waals surface area contributed by atoms with Gasteiger partial charge in [0.15, 0.2) is 5.76 Å². The monoisotopic (exact) mass is 608 g/mol. The quantitative estimate of drug-likeness (QED) is 0.340. The third-order valence-electron chi connectivity index (χ3n) is 7.35. The van der Waals surface area contributed by atoms with Crippen LogP contribution in [0.25, 0.3) is 11.1 Å². The molecular formula is C31H36N4O7S. The first kappa shape index (κ1) is 30.5. The molecule has 0 atom stereocenters. The van der Waals surface area contributed by atoms with E-state index in [2.05, 4.69) is 33.2 Å². The lowest BCUT2D eigenvalue weighted by molar-refractivity contribution is -0.132. The highest BCUT2D eigenvalue weighted by Crippen LogP contribution is 2.32. The number of aryl methyl sites for hydroxylation is 4. The van der Waals surface area contributed by atoms with Crippen LogP contribution in [-0.4, -0.2) is 62.4 Å². The van der Waals surface area contributed by atoms with E-state index in [1.165, 1.54) is 6.92 Å². The van der Waals surface area contributed by atoms with Gasteiger partial charge in [0.1, 0.15) is 28.7 Å². The van der Waals surface area contributed by atoms with Gasteiger partial charge in [-0.3, -0.25) is 4.79 Å². The third-order valence-corrected chi connectivity index (χ3v) is 9.06. The average Bonchev–Trinajstić information content (AvgIpc) is 3.49. The number of sulfonamides is 1. The molecule has 2 bridgehead atoms. The van der Waals surface area contributed by atoms with Crippen molar-refractivity contribution in [3.8, 4) is 16.9 Å². The summed E-state index contributed by atoms with van der Waals surface area (Å²) >= 11 is 0. The number of rotatable bonds is 6. The molecule has 0 saturated heterocycles. The van der Waals surface area contributed by atoms with Gasteiger partial charge in [-0.2, -0.15) is 0 Å². The zero-order valence-electron chi connectivity index (χ0n) is 24.8. The van der Waals surface area contributed by atoms with Crippen molar-refractivity contribution < 1.29 is 31.7 Å². The van der Waals surface area contributed by atoms with Crippen molar-refractivity contribution in [3.63, 3.8) is 0 Å². The molecule has 0 radical (unpaired) electrons. The van der Waals surface area contributed by atoms with E-state index in [1.54, 1.807) is 11.8 Å². The fourth-order valence-corrected chi connectivity index (χ4v) is 6.70. The number of ether oxygens (including phenoxy) is 2. The Morgan fingerprint density at radius 3 is 2.44 bits per heavy atom. The number of amides is 1. The molecule has 0 fully saturated rings. The average molecular weight is 609 g/mol. The second kappa shape index (κ2) is 13.1. The van der Waals surface area contributed by atoms with Crippen LogP contribution >= 0.6 is 0 Å². The van der Waals surface area contributed by atoms with E-state index >= 15 is 0 Å². The van der Waals surface area contributed by atoms with Gasteiger partial charge in [0.25, 0.3) is 0 Å². The standard InChI is InChI=1S/C31H36N4O7S/c1-20-30(22(3)41-33-20)26-8-9-28-27(18-26)17-24-6-5-7-25(16-24)19-35(12-13-39-14-15-40-28)29(36)10-11-32-43(37,38)31-21(2)34-42-23(31)4/h5-9,16,18,32H,10-15,17,19H2,1-4H3. The maximum absolute atomic E-state index is 13.3. The molecule has 0 spiro atoms. The second-order valence-electron chi connectivity index (χ2n) is 10.6. The van der Waals surface area contributed by atoms with Crippen molar-refractivity contribution in [1.29, 1.82) is 0 Å². The molecule has 0 unspecified atom stereocenters. The molecule has 228 valence electrons. The minimum absolute atomic E-state index is 0.00562. The number of hydrogen-bond donors (Lipinski definition) is 1. The molecule has 1 aliphatic rings. The van der Waals surface area contributed by atoms with Crippen molar-refractivity contribution >= 4 is 15.9 Å². The van der Waals surface area contributed by atoms with Crippen LogP contribution in [0.4, 0.5) is 0 Å². The first-order valence-corrected chi connectivity index (χ1v) is 15.7. The molecular weight excluding hydrogens is 572 g/mol. The SMILES string of the molecule is Cc1noc(C)c1-c1ccc2c(c1)Cc1cccc(c1)CN(C(=O)CCNS(=O)(=O)c1c(C)noc1C)CCOCCO2. The minimum atomic E-state index is -3.86. The molecule has 1 aliphatic heterocycles. The molecule has 43 heavy (non-hydrogen) atoms. The Balaban J connectivity index is 1.32. The number of aromatic nitrogens is 2. The van der Waals surface area contributed by atoms with E-state index in [0.717, 1.165) is 45.0 Å². The summed E-state index contributed by atoms with van der Waals surface area (Å²) < 4.78 is 50.3. The van der Waals surface area contributed by atoms with E-state index in [4.69, 9.17) is 18.5 Å². The van der Waals surface area contributed by atoms with Gasteiger partial charge < -0.3 is 23.4 Å². The van der Waals surface area contributed by atoms with Gasteiger partial charge in [-0.1, -0.05) is 40.6 Å². The Hall–Kier alpha value is -4.00. The zero-order valence-corrected chi connectivity index (χ0v) is 25.6. The van der Waals surface area contributed by atoms with Crippen LogP contribution in [0, 0.1) is 27.7 Å². The topological polar surface area (TPSA) is 137 Å². The number of carbonyl (C=O) groups excluding carboxylic acids is 1. The lowest BCUT2D eigenvalue weighted by Gasteiger charge is -2.24. The first-order valence-electron chi connectivity index (χ1n) is 14.2. The summed E-state index contributed by atoms with van der Waals surface area (Å²) in [4.78, 5) is 15.0. The van der Waals surface area contributed by atoms with Crippen LogP contribution in [0.1, 0.15) is 46.0 Å². The third kappa shape index (κ3) is 7.15. The van der Waals surface area contributed by atoms with Crippen molar-refractivity contribution in [1.82, 2.24) is 19.9 Å². The molecule has 2 aromatic carbocycles. The van der Waals surface area contributed by atoms with Crippen molar-refractivity contribution in [2.24, 2.45) is 0 Å². The molecule has 2 aromatic heterocycles. The second-order valence-corrected chi connectivity index (χ2v) is 12.3. The Bertz CT molecular complexity index is 1670. The van der Waals surface area contributed by atoms with Crippen LogP contribution < -0.4 is 9.46 Å². The molecule has 5 rings (SSSR count). The summed E-state index contributed by atoms with van der Waals surface area (Å²) in [7, 11) is -3.86. The van der Waals surface area contributed by atoms with Gasteiger partial charge in [0, 0.05) is 38.0 Å². The number of nitrogens with one attached hydrogen (secondary N) is 1. The van der Waals surface area contributed by atoms with Crippen LogP contribution in [-0.2, 0) is 32.5 Å². The zero-order chi connectivity index (χ0) is 30.6. The molecule has 12 heteroatoms. The fraction of sp³-hybridized carbons (Fsp3) is 0.387. The van der Waals surface area contributed by atoms with Gasteiger partial charge in [-0.15, -0.1) is 0 Å². The molecule has 1 N–H and O–H groups in total. The van der Waals surface area contributed by atoms with Crippen molar-refractivity contribution in [2.45, 2.75) is 52.0 Å². The smallest absolute Gasteiger partial charge is 0.245 e. The molecule has 3 heterocycles. The maximum Gasteiger partial charge on any atom is 0.245 e. The highest BCUT2D eigenvalue weighted by Gasteiger charge is 2.25. The van der Waals surface area contributed by atoms with E-state index in [-0.39, 0.29) is 35.2 Å². The molecule has 1 amide bonds. The van der Waals surface area contributed by atoms with Gasteiger partial charge >= 0.3 is 0 Å². The summed E-state index contributed by atoms with van der Waals surface area (Å²) in [5.74, 6) is 1.57. The van der Waals surface area contributed by atoms with Gasteiger partial charge in [0.05, 0.1) is 18.9 Å². The largest absolute Gasteiger partial charge is 0.491 e. The van der Waals surface area contributed by atoms with E-state index in [1.807, 2.05) is 38.1 Å². The number of nitrogens with zero attached hydrogens (tertiary/aromatic N) is 3. The minimum Gasteiger partial charge on any atom is -0.491 e. The van der Waals surface area contributed by atoms with E-state index in [9.17, 15) is 13.2 Å². The Labute approximate surface area is 251 Å². The first-order chi connectivity index (χ1) is 20.6. The molecule has 0 saturated carbocycles.